The van der Waals surface area contributed by atoms with Crippen LogP contribution in [-0.4, -0.2) is 51.2 Å². The number of pyridine rings is 1. The average molecular weight is 379 g/mol. The van der Waals surface area contributed by atoms with Crippen molar-refractivity contribution in [2.24, 2.45) is 0 Å². The first-order valence-electron chi connectivity index (χ1n) is 8.63. The fourth-order valence-corrected chi connectivity index (χ4v) is 3.45. The zero-order valence-electron chi connectivity index (χ0n) is 15.8. The van der Waals surface area contributed by atoms with E-state index in [0.717, 1.165) is 0 Å². The van der Waals surface area contributed by atoms with Gasteiger partial charge in [0.2, 0.25) is 0 Å². The number of rotatable bonds is 4. The summed E-state index contributed by atoms with van der Waals surface area (Å²) in [5.74, 6) is 0.937. The molecule has 2 aliphatic heterocycles. The molecule has 26 heavy (non-hydrogen) atoms. The van der Waals surface area contributed by atoms with Crippen LogP contribution in [0.5, 0.6) is 5.75 Å². The third-order valence-corrected chi connectivity index (χ3v) is 9.55. The van der Waals surface area contributed by atoms with Crippen molar-refractivity contribution < 1.29 is 23.5 Å². The summed E-state index contributed by atoms with van der Waals surface area (Å²) in [5.41, 5.74) is 0. The highest BCUT2D eigenvalue weighted by Crippen LogP contribution is 2.37. The summed E-state index contributed by atoms with van der Waals surface area (Å²) in [6.07, 6.45) is -0.815. The number of carbonyl (C=O) groups excluding carboxylic acids is 2. The first-order valence-corrected chi connectivity index (χ1v) is 11.5. The van der Waals surface area contributed by atoms with Crippen molar-refractivity contribution in [1.82, 2.24) is 4.98 Å². The van der Waals surface area contributed by atoms with Crippen LogP contribution in [0.25, 0.3) is 0 Å². The van der Waals surface area contributed by atoms with Crippen molar-refractivity contribution in [3.63, 3.8) is 0 Å². The van der Waals surface area contributed by atoms with Gasteiger partial charge in [0.1, 0.15) is 11.9 Å². The number of nitrogens with one attached hydrogen (secondary N) is 1. The predicted octanol–water partition coefficient (Wildman–Crippen LogP) is 2.76. The molecule has 9 heteroatoms. The number of amides is 2. The zero-order valence-corrected chi connectivity index (χ0v) is 16.8. The maximum absolute atomic E-state index is 12.2. The van der Waals surface area contributed by atoms with Gasteiger partial charge in [0.15, 0.2) is 26.5 Å². The molecule has 1 N–H and O–H groups in total. The number of ether oxygens (including phenoxy) is 2. The molecule has 8 nitrogen and oxygen atoms in total. The second-order valence-corrected chi connectivity index (χ2v) is 12.9. The largest absolute Gasteiger partial charge is 0.480 e. The summed E-state index contributed by atoms with van der Waals surface area (Å²) in [4.78, 5) is 29.4. The Morgan fingerprint density at radius 3 is 2.77 bits per heavy atom. The number of hydrogen-bond acceptors (Lipinski definition) is 6. The predicted molar refractivity (Wildman–Crippen MR) is 99.1 cm³/mol. The molecular weight excluding hydrogens is 354 g/mol. The molecular formula is C17H25N3O5Si. The fourth-order valence-electron chi connectivity index (χ4n) is 2.42. The SMILES string of the molecule is CC(C)(C)[Si](C)(C)OCC1CN(c2ccc3c(n2)NC(=O)CO3)C(=O)O1. The zero-order chi connectivity index (χ0) is 19.1. The standard InChI is InChI=1S/C17H25N3O5Si/c1-17(2,3)26(4,5)24-9-11-8-20(16(22)25-11)13-7-6-12-15(18-13)19-14(21)10-23-12/h6-7,11H,8-10H2,1-5H3,(H,18,19,21). The van der Waals surface area contributed by atoms with Crippen molar-refractivity contribution in [3.8, 4) is 5.75 Å². The Morgan fingerprint density at radius 2 is 2.08 bits per heavy atom. The molecule has 1 atom stereocenters. The molecule has 0 spiro atoms. The van der Waals surface area contributed by atoms with Gasteiger partial charge in [0.25, 0.3) is 5.91 Å². The van der Waals surface area contributed by atoms with Gasteiger partial charge in [-0.15, -0.1) is 0 Å². The fraction of sp³-hybridized carbons (Fsp3) is 0.588. The Morgan fingerprint density at radius 1 is 1.35 bits per heavy atom. The molecule has 1 saturated heterocycles. The van der Waals surface area contributed by atoms with E-state index < -0.39 is 14.4 Å². The number of fused-ring (bicyclic) bond motifs is 1. The van der Waals surface area contributed by atoms with E-state index in [-0.39, 0.29) is 23.7 Å². The summed E-state index contributed by atoms with van der Waals surface area (Å²) in [5, 5.41) is 2.73. The lowest BCUT2D eigenvalue weighted by Crippen LogP contribution is -2.43. The number of carbonyl (C=O) groups is 2. The van der Waals surface area contributed by atoms with Crippen molar-refractivity contribution in [2.45, 2.75) is 45.0 Å². The minimum atomic E-state index is -1.91. The van der Waals surface area contributed by atoms with Gasteiger partial charge in [-0.3, -0.25) is 9.69 Å². The minimum absolute atomic E-state index is 0.0351. The highest BCUT2D eigenvalue weighted by molar-refractivity contribution is 6.74. The molecule has 0 aromatic carbocycles. The van der Waals surface area contributed by atoms with Gasteiger partial charge in [-0.05, 0) is 30.3 Å². The highest BCUT2D eigenvalue weighted by atomic mass is 28.4. The molecule has 1 aromatic rings. The summed E-state index contributed by atoms with van der Waals surface area (Å²) in [7, 11) is -1.91. The number of hydrogen-bond donors (Lipinski definition) is 1. The molecule has 0 aliphatic carbocycles. The maximum atomic E-state index is 12.2. The first kappa shape index (κ1) is 18.7. The molecule has 0 bridgehead atoms. The molecule has 1 fully saturated rings. The monoisotopic (exact) mass is 379 g/mol. The molecule has 142 valence electrons. The quantitative estimate of drug-likeness (QED) is 0.809. The Hall–Kier alpha value is -2.13. The molecule has 3 rings (SSSR count). The molecule has 1 unspecified atom stereocenters. The van der Waals surface area contributed by atoms with Crippen molar-refractivity contribution >= 4 is 32.0 Å². The van der Waals surface area contributed by atoms with E-state index in [1.165, 1.54) is 4.90 Å². The van der Waals surface area contributed by atoms with Crippen LogP contribution in [0.15, 0.2) is 12.1 Å². The van der Waals surface area contributed by atoms with Crippen LogP contribution in [0, 0.1) is 0 Å². The third kappa shape index (κ3) is 3.68. The third-order valence-electron chi connectivity index (χ3n) is 5.05. The summed E-state index contributed by atoms with van der Waals surface area (Å²) < 4.78 is 16.9. The van der Waals surface area contributed by atoms with Gasteiger partial charge in [-0.2, -0.15) is 0 Å². The van der Waals surface area contributed by atoms with Gasteiger partial charge in [0.05, 0.1) is 13.2 Å². The number of aromatic nitrogens is 1. The molecule has 3 heterocycles. The van der Waals surface area contributed by atoms with E-state index in [4.69, 9.17) is 13.9 Å². The Labute approximate surface area is 153 Å². The van der Waals surface area contributed by atoms with Crippen LogP contribution >= 0.6 is 0 Å². The van der Waals surface area contributed by atoms with E-state index in [1.54, 1.807) is 12.1 Å². The lowest BCUT2D eigenvalue weighted by molar-refractivity contribution is -0.118. The topological polar surface area (TPSA) is 90.0 Å². The summed E-state index contributed by atoms with van der Waals surface area (Å²) in [6.45, 7) is 11.5. The van der Waals surface area contributed by atoms with E-state index in [0.29, 0.717) is 30.5 Å². The number of cyclic esters (lactones) is 1. The van der Waals surface area contributed by atoms with Crippen molar-refractivity contribution in [3.05, 3.63) is 12.1 Å². The number of anilines is 2. The van der Waals surface area contributed by atoms with E-state index in [2.05, 4.69) is 44.2 Å². The van der Waals surface area contributed by atoms with Gasteiger partial charge >= 0.3 is 6.09 Å². The van der Waals surface area contributed by atoms with Crippen LogP contribution in [-0.2, 0) is 14.0 Å². The summed E-state index contributed by atoms with van der Waals surface area (Å²) in [6, 6.07) is 3.36. The van der Waals surface area contributed by atoms with Crippen molar-refractivity contribution in [2.75, 3.05) is 30.0 Å². The Kier molecular flexibility index (Phi) is 4.70. The van der Waals surface area contributed by atoms with Crippen LogP contribution in [0.3, 0.4) is 0 Å². The summed E-state index contributed by atoms with van der Waals surface area (Å²) >= 11 is 0. The van der Waals surface area contributed by atoms with Crippen molar-refractivity contribution in [1.29, 1.82) is 0 Å². The smallest absolute Gasteiger partial charge is 0.416 e. The lowest BCUT2D eigenvalue weighted by atomic mass is 10.2. The molecule has 2 amide bonds. The second-order valence-electron chi connectivity index (χ2n) is 8.04. The van der Waals surface area contributed by atoms with Gasteiger partial charge in [-0.25, -0.2) is 9.78 Å². The molecule has 0 radical (unpaired) electrons. The van der Waals surface area contributed by atoms with Crippen LogP contribution in [0.2, 0.25) is 18.1 Å². The van der Waals surface area contributed by atoms with E-state index >= 15 is 0 Å². The van der Waals surface area contributed by atoms with Gasteiger partial charge in [-0.1, -0.05) is 20.8 Å². The lowest BCUT2D eigenvalue weighted by Gasteiger charge is -2.36. The number of nitrogens with zero attached hydrogens (tertiary/aromatic N) is 2. The van der Waals surface area contributed by atoms with Gasteiger partial charge < -0.3 is 19.2 Å². The first-order chi connectivity index (χ1) is 12.1. The molecule has 2 aliphatic rings. The van der Waals surface area contributed by atoms with Crippen LogP contribution < -0.4 is 15.0 Å². The Bertz CT molecular complexity index is 732. The normalized spacial score (nSPS) is 20.3. The van der Waals surface area contributed by atoms with E-state index in [1.807, 2.05) is 0 Å². The van der Waals surface area contributed by atoms with Crippen LogP contribution in [0.1, 0.15) is 20.8 Å². The van der Waals surface area contributed by atoms with Crippen LogP contribution in [0.4, 0.5) is 16.4 Å². The van der Waals surface area contributed by atoms with Gasteiger partial charge in [0, 0.05) is 0 Å². The highest BCUT2D eigenvalue weighted by Gasteiger charge is 2.40. The van der Waals surface area contributed by atoms with E-state index in [9.17, 15) is 9.59 Å². The maximum Gasteiger partial charge on any atom is 0.416 e. The Balaban J connectivity index is 1.67. The molecule has 1 aromatic heterocycles. The molecule has 0 saturated carbocycles. The second kappa shape index (κ2) is 6.55. The average Bonchev–Trinajstić information content (AvgIpc) is 2.92. The minimum Gasteiger partial charge on any atom is -0.480 e.